The van der Waals surface area contributed by atoms with Gasteiger partial charge in [0.05, 0.1) is 0 Å². The Labute approximate surface area is 108 Å². The fraction of sp³-hybridized carbons (Fsp3) is 0.438. The third kappa shape index (κ3) is 1.81. The van der Waals surface area contributed by atoms with Crippen molar-refractivity contribution < 1.29 is 0 Å². The van der Waals surface area contributed by atoms with E-state index in [1.165, 1.54) is 29.2 Å². The van der Waals surface area contributed by atoms with Crippen molar-refractivity contribution in [3.63, 3.8) is 0 Å². The molecule has 3 atom stereocenters. The van der Waals surface area contributed by atoms with E-state index in [4.69, 9.17) is 0 Å². The molecule has 1 aromatic carbocycles. The van der Waals surface area contributed by atoms with E-state index >= 15 is 0 Å². The number of aromatic nitrogens is 1. The average Bonchev–Trinajstić information content (AvgIpc) is 2.79. The van der Waals surface area contributed by atoms with Crippen molar-refractivity contribution in [2.45, 2.75) is 31.7 Å². The van der Waals surface area contributed by atoms with Gasteiger partial charge in [0, 0.05) is 23.8 Å². The average molecular weight is 240 g/mol. The first-order chi connectivity index (χ1) is 8.81. The van der Waals surface area contributed by atoms with Crippen molar-refractivity contribution in [2.75, 3.05) is 7.05 Å². The third-order valence-electron chi connectivity index (χ3n) is 4.54. The number of rotatable bonds is 2. The van der Waals surface area contributed by atoms with Gasteiger partial charge in [-0.3, -0.25) is 4.98 Å². The number of hydrogen-bond acceptors (Lipinski definition) is 2. The minimum atomic E-state index is 0.659. The SMILES string of the molecule is CNC1CCC(c2cccc3cnccc23)C1C. The van der Waals surface area contributed by atoms with Crippen LogP contribution in [0, 0.1) is 5.92 Å². The molecule has 2 nitrogen and oxygen atoms in total. The first-order valence-corrected chi connectivity index (χ1v) is 6.81. The topological polar surface area (TPSA) is 24.9 Å². The smallest absolute Gasteiger partial charge is 0.0346 e. The van der Waals surface area contributed by atoms with Gasteiger partial charge in [-0.25, -0.2) is 0 Å². The van der Waals surface area contributed by atoms with Crippen LogP contribution in [0.1, 0.15) is 31.2 Å². The minimum Gasteiger partial charge on any atom is -0.317 e. The zero-order valence-electron chi connectivity index (χ0n) is 11.1. The molecule has 1 aromatic heterocycles. The summed E-state index contributed by atoms with van der Waals surface area (Å²) in [6.45, 7) is 2.37. The Hall–Kier alpha value is -1.41. The molecular formula is C16H20N2. The third-order valence-corrected chi connectivity index (χ3v) is 4.54. The monoisotopic (exact) mass is 240 g/mol. The summed E-state index contributed by atoms with van der Waals surface area (Å²) in [6, 6.07) is 9.43. The van der Waals surface area contributed by atoms with Gasteiger partial charge in [0.1, 0.15) is 0 Å². The van der Waals surface area contributed by atoms with Gasteiger partial charge in [-0.15, -0.1) is 0 Å². The van der Waals surface area contributed by atoms with Crippen LogP contribution in [0.25, 0.3) is 10.8 Å². The lowest BCUT2D eigenvalue weighted by atomic mass is 9.86. The second-order valence-electron chi connectivity index (χ2n) is 5.38. The zero-order chi connectivity index (χ0) is 12.5. The summed E-state index contributed by atoms with van der Waals surface area (Å²) in [5.41, 5.74) is 1.50. The number of pyridine rings is 1. The maximum atomic E-state index is 4.22. The summed E-state index contributed by atoms with van der Waals surface area (Å²) in [7, 11) is 2.08. The van der Waals surface area contributed by atoms with E-state index in [-0.39, 0.29) is 0 Å². The van der Waals surface area contributed by atoms with E-state index in [2.05, 4.69) is 48.5 Å². The van der Waals surface area contributed by atoms with Gasteiger partial charge >= 0.3 is 0 Å². The van der Waals surface area contributed by atoms with Crippen LogP contribution in [-0.4, -0.2) is 18.1 Å². The molecule has 1 heterocycles. The first-order valence-electron chi connectivity index (χ1n) is 6.81. The number of hydrogen-bond donors (Lipinski definition) is 1. The molecule has 2 aromatic rings. The van der Waals surface area contributed by atoms with Crippen LogP contribution in [0.2, 0.25) is 0 Å². The van der Waals surface area contributed by atoms with Gasteiger partial charge in [0.25, 0.3) is 0 Å². The molecule has 3 rings (SSSR count). The standard InChI is InChI=1S/C16H20N2/c1-11-13(6-7-16(11)17-2)15-5-3-4-12-10-18-9-8-14(12)15/h3-5,8-11,13,16-17H,6-7H2,1-2H3. The van der Waals surface area contributed by atoms with Gasteiger partial charge in [-0.1, -0.05) is 25.1 Å². The van der Waals surface area contributed by atoms with E-state index < -0.39 is 0 Å². The van der Waals surface area contributed by atoms with E-state index in [1.807, 2.05) is 12.4 Å². The summed E-state index contributed by atoms with van der Waals surface area (Å²) in [5, 5.41) is 6.08. The Morgan fingerprint density at radius 3 is 2.89 bits per heavy atom. The van der Waals surface area contributed by atoms with Gasteiger partial charge < -0.3 is 5.32 Å². The summed E-state index contributed by atoms with van der Waals surface area (Å²) in [4.78, 5) is 4.22. The van der Waals surface area contributed by atoms with E-state index in [1.54, 1.807) is 0 Å². The molecule has 0 aliphatic heterocycles. The Kier molecular flexibility index (Phi) is 3.04. The van der Waals surface area contributed by atoms with Crippen LogP contribution in [0.15, 0.2) is 36.7 Å². The van der Waals surface area contributed by atoms with Gasteiger partial charge in [-0.05, 0) is 48.7 Å². The zero-order valence-corrected chi connectivity index (χ0v) is 11.1. The number of nitrogens with zero attached hydrogens (tertiary/aromatic N) is 1. The highest BCUT2D eigenvalue weighted by Crippen LogP contribution is 2.41. The molecule has 1 aliphatic rings. The quantitative estimate of drug-likeness (QED) is 0.871. The molecule has 94 valence electrons. The van der Waals surface area contributed by atoms with Crippen molar-refractivity contribution in [1.29, 1.82) is 0 Å². The van der Waals surface area contributed by atoms with Gasteiger partial charge in [0.15, 0.2) is 0 Å². The maximum Gasteiger partial charge on any atom is 0.0346 e. The number of benzene rings is 1. The van der Waals surface area contributed by atoms with Crippen LogP contribution in [-0.2, 0) is 0 Å². The Morgan fingerprint density at radius 2 is 2.11 bits per heavy atom. The molecule has 1 saturated carbocycles. The lowest BCUT2D eigenvalue weighted by molar-refractivity contribution is 0.430. The first kappa shape index (κ1) is 11.7. The molecule has 0 bridgehead atoms. The summed E-state index contributed by atoms with van der Waals surface area (Å²) >= 11 is 0. The Balaban J connectivity index is 2.05. The molecule has 3 unspecified atom stereocenters. The molecule has 1 fully saturated rings. The van der Waals surface area contributed by atoms with E-state index in [0.717, 1.165) is 0 Å². The van der Waals surface area contributed by atoms with Crippen molar-refractivity contribution in [2.24, 2.45) is 5.92 Å². The molecule has 1 N–H and O–H groups in total. The molecule has 0 spiro atoms. The lowest BCUT2D eigenvalue weighted by Crippen LogP contribution is -2.28. The van der Waals surface area contributed by atoms with Crippen LogP contribution < -0.4 is 5.32 Å². The minimum absolute atomic E-state index is 0.659. The van der Waals surface area contributed by atoms with Crippen LogP contribution in [0.5, 0.6) is 0 Å². The normalized spacial score (nSPS) is 27.8. The van der Waals surface area contributed by atoms with Crippen LogP contribution in [0.3, 0.4) is 0 Å². The van der Waals surface area contributed by atoms with Crippen molar-refractivity contribution in [3.8, 4) is 0 Å². The number of nitrogens with one attached hydrogen (secondary N) is 1. The second kappa shape index (κ2) is 4.69. The van der Waals surface area contributed by atoms with Gasteiger partial charge in [0.2, 0.25) is 0 Å². The Bertz CT molecular complexity index is 544. The largest absolute Gasteiger partial charge is 0.317 e. The summed E-state index contributed by atoms with van der Waals surface area (Å²) in [6.07, 6.45) is 6.44. The number of fused-ring (bicyclic) bond motifs is 1. The van der Waals surface area contributed by atoms with E-state index in [0.29, 0.717) is 17.9 Å². The predicted octanol–water partition coefficient (Wildman–Crippen LogP) is 3.34. The molecular weight excluding hydrogens is 220 g/mol. The van der Waals surface area contributed by atoms with Gasteiger partial charge in [-0.2, -0.15) is 0 Å². The predicted molar refractivity (Wildman–Crippen MR) is 75.7 cm³/mol. The molecule has 18 heavy (non-hydrogen) atoms. The maximum absolute atomic E-state index is 4.22. The summed E-state index contributed by atoms with van der Waals surface area (Å²) < 4.78 is 0. The van der Waals surface area contributed by atoms with Crippen LogP contribution in [0.4, 0.5) is 0 Å². The Morgan fingerprint density at radius 1 is 1.22 bits per heavy atom. The highest BCUT2D eigenvalue weighted by Gasteiger charge is 2.33. The molecule has 0 saturated heterocycles. The molecule has 0 radical (unpaired) electrons. The van der Waals surface area contributed by atoms with E-state index in [9.17, 15) is 0 Å². The van der Waals surface area contributed by atoms with Crippen molar-refractivity contribution in [3.05, 3.63) is 42.2 Å². The fourth-order valence-electron chi connectivity index (χ4n) is 3.48. The van der Waals surface area contributed by atoms with Crippen molar-refractivity contribution >= 4 is 10.8 Å². The molecule has 2 heteroatoms. The highest BCUT2D eigenvalue weighted by atomic mass is 14.9. The van der Waals surface area contributed by atoms with Crippen molar-refractivity contribution in [1.82, 2.24) is 10.3 Å². The molecule has 1 aliphatic carbocycles. The fourth-order valence-corrected chi connectivity index (χ4v) is 3.48. The van der Waals surface area contributed by atoms with Crippen LogP contribution >= 0.6 is 0 Å². The highest BCUT2D eigenvalue weighted by molar-refractivity contribution is 5.85. The summed E-state index contributed by atoms with van der Waals surface area (Å²) in [5.74, 6) is 1.38. The lowest BCUT2D eigenvalue weighted by Gasteiger charge is -2.22. The molecule has 0 amide bonds. The second-order valence-corrected chi connectivity index (χ2v) is 5.38.